The van der Waals surface area contributed by atoms with E-state index in [1.807, 2.05) is 54.6 Å². The summed E-state index contributed by atoms with van der Waals surface area (Å²) in [7, 11) is 0. The van der Waals surface area contributed by atoms with Crippen LogP contribution < -0.4 is 4.90 Å². The van der Waals surface area contributed by atoms with E-state index < -0.39 is 0 Å². The maximum Gasteiger partial charge on any atom is 0.271 e. The minimum atomic E-state index is -0.354. The van der Waals surface area contributed by atoms with Crippen molar-refractivity contribution in [2.75, 3.05) is 4.90 Å². The molecule has 0 atom stereocenters. The van der Waals surface area contributed by atoms with Crippen LogP contribution in [0, 0.1) is 10.1 Å². The van der Waals surface area contributed by atoms with Gasteiger partial charge in [-0.2, -0.15) is 0 Å². The van der Waals surface area contributed by atoms with Gasteiger partial charge in [0.25, 0.3) is 5.69 Å². The topological polar surface area (TPSA) is 46.4 Å². The molecule has 4 heteroatoms. The van der Waals surface area contributed by atoms with Crippen LogP contribution in [0.2, 0.25) is 0 Å². The number of nitrogens with zero attached hydrogens (tertiary/aromatic N) is 2. The molecule has 0 aliphatic carbocycles. The molecule has 4 nitrogen and oxygen atoms in total. The number of nitro groups is 1. The highest BCUT2D eigenvalue weighted by atomic mass is 16.6. The quantitative estimate of drug-likeness (QED) is 0.241. The van der Waals surface area contributed by atoms with E-state index in [0.29, 0.717) is 0 Å². The van der Waals surface area contributed by atoms with Crippen LogP contribution in [-0.2, 0) is 5.41 Å². The van der Waals surface area contributed by atoms with Crippen LogP contribution in [0.15, 0.2) is 103 Å². The zero-order valence-corrected chi connectivity index (χ0v) is 18.5. The maximum absolute atomic E-state index is 11.5. The van der Waals surface area contributed by atoms with Crippen molar-refractivity contribution in [3.8, 4) is 11.1 Å². The summed E-state index contributed by atoms with van der Waals surface area (Å²) < 4.78 is 0. The van der Waals surface area contributed by atoms with Crippen molar-refractivity contribution in [2.24, 2.45) is 0 Å². The van der Waals surface area contributed by atoms with Gasteiger partial charge < -0.3 is 4.90 Å². The fourth-order valence-electron chi connectivity index (χ4n) is 3.80. The molecule has 0 amide bonds. The summed E-state index contributed by atoms with van der Waals surface area (Å²) in [5, 5.41) is 11.5. The van der Waals surface area contributed by atoms with Gasteiger partial charge in [-0.1, -0.05) is 81.4 Å². The highest BCUT2D eigenvalue weighted by molar-refractivity contribution is 5.88. The second-order valence-corrected chi connectivity index (χ2v) is 8.80. The van der Waals surface area contributed by atoms with Gasteiger partial charge in [-0.25, -0.2) is 0 Å². The standard InChI is InChI=1S/C28H26N2O2/c1-28(2,3)22-17-18-27(26(19-22)21-11-6-4-7-12-21)29(23-13-8-5-9-14-23)24-15-10-16-25(20-24)30(31)32/h4-20H,1-3H3. The van der Waals surface area contributed by atoms with Crippen LogP contribution in [0.25, 0.3) is 11.1 Å². The van der Waals surface area contributed by atoms with Crippen molar-refractivity contribution in [3.05, 3.63) is 119 Å². The monoisotopic (exact) mass is 422 g/mol. The molecule has 4 aromatic carbocycles. The van der Waals surface area contributed by atoms with E-state index in [0.717, 1.165) is 28.2 Å². The molecule has 0 aromatic heterocycles. The van der Waals surface area contributed by atoms with Gasteiger partial charge in [0.2, 0.25) is 0 Å². The van der Waals surface area contributed by atoms with Gasteiger partial charge in [0, 0.05) is 23.4 Å². The Morgan fingerprint density at radius 3 is 1.97 bits per heavy atom. The number of hydrogen-bond donors (Lipinski definition) is 0. The summed E-state index contributed by atoms with van der Waals surface area (Å²) in [6, 6.07) is 33.5. The number of para-hydroxylation sites is 1. The highest BCUT2D eigenvalue weighted by Crippen LogP contribution is 2.43. The number of benzene rings is 4. The number of nitro benzene ring substituents is 1. The Hall–Kier alpha value is -3.92. The third-order valence-electron chi connectivity index (χ3n) is 5.50. The van der Waals surface area contributed by atoms with Gasteiger partial charge in [0.05, 0.1) is 16.3 Å². The Morgan fingerprint density at radius 1 is 0.719 bits per heavy atom. The lowest BCUT2D eigenvalue weighted by molar-refractivity contribution is -0.384. The molecule has 160 valence electrons. The number of anilines is 3. The molecule has 4 aromatic rings. The number of rotatable bonds is 5. The zero-order chi connectivity index (χ0) is 22.7. The summed E-state index contributed by atoms with van der Waals surface area (Å²) in [5.41, 5.74) is 6.11. The molecule has 0 heterocycles. The van der Waals surface area contributed by atoms with Gasteiger partial charge in [0.1, 0.15) is 0 Å². The van der Waals surface area contributed by atoms with Gasteiger partial charge in [-0.05, 0) is 46.9 Å². The van der Waals surface area contributed by atoms with Crippen molar-refractivity contribution in [3.63, 3.8) is 0 Å². The van der Waals surface area contributed by atoms with Crippen LogP contribution >= 0.6 is 0 Å². The first-order valence-corrected chi connectivity index (χ1v) is 10.6. The summed E-state index contributed by atoms with van der Waals surface area (Å²) in [6.07, 6.45) is 0. The van der Waals surface area contributed by atoms with Crippen LogP contribution in [0.1, 0.15) is 26.3 Å². The lowest BCUT2D eigenvalue weighted by atomic mass is 9.84. The van der Waals surface area contributed by atoms with E-state index in [2.05, 4.69) is 56.0 Å². The average molecular weight is 423 g/mol. The van der Waals surface area contributed by atoms with E-state index in [-0.39, 0.29) is 16.0 Å². The van der Waals surface area contributed by atoms with E-state index in [1.54, 1.807) is 12.1 Å². The van der Waals surface area contributed by atoms with Crippen LogP contribution in [-0.4, -0.2) is 4.92 Å². The fourth-order valence-corrected chi connectivity index (χ4v) is 3.80. The van der Waals surface area contributed by atoms with E-state index in [4.69, 9.17) is 0 Å². The minimum absolute atomic E-state index is 0.00876. The molecule has 0 aliphatic rings. The normalized spacial score (nSPS) is 11.2. The van der Waals surface area contributed by atoms with Crippen molar-refractivity contribution in [1.82, 2.24) is 0 Å². The first-order chi connectivity index (χ1) is 15.3. The number of non-ortho nitro benzene ring substituents is 1. The maximum atomic E-state index is 11.5. The minimum Gasteiger partial charge on any atom is -0.310 e. The van der Waals surface area contributed by atoms with Crippen LogP contribution in [0.4, 0.5) is 22.7 Å². The van der Waals surface area contributed by atoms with Gasteiger partial charge in [-0.3, -0.25) is 10.1 Å². The van der Waals surface area contributed by atoms with Crippen molar-refractivity contribution in [2.45, 2.75) is 26.2 Å². The molecule has 0 saturated heterocycles. The summed E-state index contributed by atoms with van der Waals surface area (Å²) in [4.78, 5) is 13.2. The summed E-state index contributed by atoms with van der Waals surface area (Å²) in [6.45, 7) is 6.60. The SMILES string of the molecule is CC(C)(C)c1ccc(N(c2ccccc2)c2cccc([N+](=O)[O-])c2)c(-c2ccccc2)c1. The smallest absolute Gasteiger partial charge is 0.271 e. The van der Waals surface area contributed by atoms with E-state index in [9.17, 15) is 10.1 Å². The first-order valence-electron chi connectivity index (χ1n) is 10.6. The molecule has 32 heavy (non-hydrogen) atoms. The molecular formula is C28H26N2O2. The molecule has 0 N–H and O–H groups in total. The molecule has 0 saturated carbocycles. The van der Waals surface area contributed by atoms with Crippen molar-refractivity contribution in [1.29, 1.82) is 0 Å². The zero-order valence-electron chi connectivity index (χ0n) is 18.5. The van der Waals surface area contributed by atoms with Crippen molar-refractivity contribution < 1.29 is 4.92 Å². The third kappa shape index (κ3) is 4.40. The lowest BCUT2D eigenvalue weighted by Crippen LogP contribution is -2.14. The van der Waals surface area contributed by atoms with E-state index in [1.165, 1.54) is 11.6 Å². The second-order valence-electron chi connectivity index (χ2n) is 8.80. The molecule has 0 radical (unpaired) electrons. The molecule has 0 spiro atoms. The van der Waals surface area contributed by atoms with Gasteiger partial charge in [-0.15, -0.1) is 0 Å². The largest absolute Gasteiger partial charge is 0.310 e. The highest BCUT2D eigenvalue weighted by Gasteiger charge is 2.22. The Bertz CT molecular complexity index is 1230. The molecule has 4 rings (SSSR count). The fraction of sp³-hybridized carbons (Fsp3) is 0.143. The average Bonchev–Trinajstić information content (AvgIpc) is 2.80. The Labute approximate surface area is 188 Å². The Morgan fingerprint density at radius 2 is 1.34 bits per heavy atom. The van der Waals surface area contributed by atoms with Crippen LogP contribution in [0.5, 0.6) is 0 Å². The van der Waals surface area contributed by atoms with Gasteiger partial charge in [0.15, 0.2) is 0 Å². The number of hydrogen-bond acceptors (Lipinski definition) is 3. The molecule has 0 aliphatic heterocycles. The van der Waals surface area contributed by atoms with Gasteiger partial charge >= 0.3 is 0 Å². The summed E-state index contributed by atoms with van der Waals surface area (Å²) >= 11 is 0. The predicted octanol–water partition coefficient (Wildman–Crippen LogP) is 8.03. The third-order valence-corrected chi connectivity index (χ3v) is 5.50. The van der Waals surface area contributed by atoms with E-state index >= 15 is 0 Å². The molecule has 0 fully saturated rings. The lowest BCUT2D eigenvalue weighted by Gasteiger charge is -2.29. The summed E-state index contributed by atoms with van der Waals surface area (Å²) in [5.74, 6) is 0. The first kappa shape index (κ1) is 21.3. The second kappa shape index (κ2) is 8.67. The molecule has 0 unspecified atom stereocenters. The Kier molecular flexibility index (Phi) is 5.78. The predicted molar refractivity (Wildman–Crippen MR) is 132 cm³/mol. The molecular weight excluding hydrogens is 396 g/mol. The van der Waals surface area contributed by atoms with Crippen LogP contribution in [0.3, 0.4) is 0 Å². The Balaban J connectivity index is 1.99. The molecule has 0 bridgehead atoms. The van der Waals surface area contributed by atoms with Crippen molar-refractivity contribution >= 4 is 22.7 Å².